The van der Waals surface area contributed by atoms with Crippen molar-refractivity contribution >= 4 is 17.5 Å². The summed E-state index contributed by atoms with van der Waals surface area (Å²) in [6.45, 7) is 10.5. The van der Waals surface area contributed by atoms with Gasteiger partial charge in [-0.05, 0) is 37.8 Å². The van der Waals surface area contributed by atoms with Crippen molar-refractivity contribution in [3.8, 4) is 0 Å². The summed E-state index contributed by atoms with van der Waals surface area (Å²) in [5.74, 6) is -0.188. The lowest BCUT2D eigenvalue weighted by molar-refractivity contribution is 0.0886. The fourth-order valence-corrected chi connectivity index (χ4v) is 2.44. The largest absolute Gasteiger partial charge is 0.346 e. The van der Waals surface area contributed by atoms with Gasteiger partial charge in [0.05, 0.1) is 0 Å². The fraction of sp³-hybridized carbons (Fsp3) is 0.571. The maximum absolute atomic E-state index is 12.1. The van der Waals surface area contributed by atoms with Crippen molar-refractivity contribution in [2.24, 2.45) is 5.41 Å². The number of rotatable bonds is 3. The Hall–Kier alpha value is -1.09. The maximum Gasteiger partial charge on any atom is 0.270 e. The smallest absolute Gasteiger partial charge is 0.270 e. The van der Waals surface area contributed by atoms with Crippen molar-refractivity contribution in [1.82, 2.24) is 10.3 Å². The molecule has 0 saturated carbocycles. The molecule has 0 radical (unpaired) electrons. The summed E-state index contributed by atoms with van der Waals surface area (Å²) in [4.78, 5) is 16.1. The van der Waals surface area contributed by atoms with E-state index in [9.17, 15) is 4.79 Å². The first kappa shape index (κ1) is 15.0. The molecule has 0 bridgehead atoms. The molecule has 1 rings (SSSR count). The molecule has 0 fully saturated rings. The lowest BCUT2D eigenvalue weighted by Gasteiger charge is -2.33. The molecule has 0 spiro atoms. The topological polar surface area (TPSA) is 42.0 Å². The fourth-order valence-electron chi connectivity index (χ4n) is 2.28. The molecule has 1 aromatic rings. The Kier molecular flexibility index (Phi) is 4.38. The minimum Gasteiger partial charge on any atom is -0.346 e. The van der Waals surface area contributed by atoms with Gasteiger partial charge in [-0.2, -0.15) is 0 Å². The summed E-state index contributed by atoms with van der Waals surface area (Å²) in [5, 5.41) is 3.33. The quantitative estimate of drug-likeness (QED) is 0.850. The molecule has 1 N–H and O–H groups in total. The molecule has 1 amide bonds. The van der Waals surface area contributed by atoms with Crippen LogP contribution in [-0.2, 0) is 0 Å². The molecule has 100 valence electrons. The van der Waals surface area contributed by atoms with Crippen LogP contribution in [-0.4, -0.2) is 16.4 Å². The van der Waals surface area contributed by atoms with Crippen molar-refractivity contribution in [3.63, 3.8) is 0 Å². The first-order valence-electron chi connectivity index (χ1n) is 6.04. The SMILES string of the molecule is CC(C)(C)CC(C)(C)NC(=O)c1cccc(Cl)n1. The van der Waals surface area contributed by atoms with Crippen LogP contribution in [0.2, 0.25) is 5.15 Å². The third kappa shape index (κ3) is 5.05. The standard InChI is InChI=1S/C14H21ClN2O/c1-13(2,3)9-14(4,5)17-12(18)10-7-6-8-11(15)16-10/h6-8H,9H2,1-5H3,(H,17,18). The van der Waals surface area contributed by atoms with E-state index >= 15 is 0 Å². The Labute approximate surface area is 114 Å². The molecule has 1 heterocycles. The van der Waals surface area contributed by atoms with Crippen LogP contribution in [0.15, 0.2) is 18.2 Å². The molecule has 0 aliphatic carbocycles. The van der Waals surface area contributed by atoms with Gasteiger partial charge in [0.25, 0.3) is 5.91 Å². The van der Waals surface area contributed by atoms with E-state index in [0.29, 0.717) is 10.8 Å². The van der Waals surface area contributed by atoms with E-state index < -0.39 is 0 Å². The zero-order chi connectivity index (χ0) is 14.0. The van der Waals surface area contributed by atoms with Gasteiger partial charge in [-0.1, -0.05) is 38.4 Å². The lowest BCUT2D eigenvalue weighted by Crippen LogP contribution is -2.46. The normalized spacial score (nSPS) is 12.3. The van der Waals surface area contributed by atoms with E-state index in [1.54, 1.807) is 18.2 Å². The minimum absolute atomic E-state index is 0.151. The van der Waals surface area contributed by atoms with Gasteiger partial charge >= 0.3 is 0 Å². The van der Waals surface area contributed by atoms with Crippen molar-refractivity contribution in [2.75, 3.05) is 0 Å². The Morgan fingerprint density at radius 1 is 1.28 bits per heavy atom. The molecular weight excluding hydrogens is 248 g/mol. The predicted molar refractivity (Wildman–Crippen MR) is 74.9 cm³/mol. The minimum atomic E-state index is -0.278. The number of hydrogen-bond donors (Lipinski definition) is 1. The number of nitrogens with one attached hydrogen (secondary N) is 1. The van der Waals surface area contributed by atoms with Crippen LogP contribution in [0, 0.1) is 5.41 Å². The van der Waals surface area contributed by atoms with E-state index in [4.69, 9.17) is 11.6 Å². The second kappa shape index (κ2) is 5.27. The van der Waals surface area contributed by atoms with E-state index in [2.05, 4.69) is 31.1 Å². The maximum atomic E-state index is 12.1. The van der Waals surface area contributed by atoms with Gasteiger partial charge in [-0.15, -0.1) is 0 Å². The summed E-state index contributed by atoms with van der Waals surface area (Å²) in [6, 6.07) is 5.04. The molecule has 0 unspecified atom stereocenters. The van der Waals surface area contributed by atoms with E-state index in [1.807, 2.05) is 13.8 Å². The van der Waals surface area contributed by atoms with E-state index in [1.165, 1.54) is 0 Å². The third-order valence-corrected chi connectivity index (χ3v) is 2.58. The van der Waals surface area contributed by atoms with Gasteiger partial charge in [0.15, 0.2) is 0 Å². The molecule has 18 heavy (non-hydrogen) atoms. The number of halogens is 1. The highest BCUT2D eigenvalue weighted by atomic mass is 35.5. The predicted octanol–water partition coefficient (Wildman–Crippen LogP) is 3.68. The number of carbonyl (C=O) groups excluding carboxylic acids is 1. The van der Waals surface area contributed by atoms with Gasteiger partial charge in [-0.25, -0.2) is 4.98 Å². The summed E-state index contributed by atoms with van der Waals surface area (Å²) in [7, 11) is 0. The summed E-state index contributed by atoms with van der Waals surface area (Å²) < 4.78 is 0. The Morgan fingerprint density at radius 2 is 1.89 bits per heavy atom. The van der Waals surface area contributed by atoms with E-state index in [0.717, 1.165) is 6.42 Å². The Bertz CT molecular complexity index is 436. The Balaban J connectivity index is 2.75. The highest BCUT2D eigenvalue weighted by molar-refractivity contribution is 6.29. The molecule has 0 aromatic carbocycles. The zero-order valence-electron chi connectivity index (χ0n) is 11.7. The van der Waals surface area contributed by atoms with Crippen molar-refractivity contribution in [2.45, 2.75) is 46.6 Å². The second-order valence-corrected chi connectivity index (χ2v) is 6.81. The second-order valence-electron chi connectivity index (χ2n) is 6.42. The van der Waals surface area contributed by atoms with Gasteiger partial charge in [0, 0.05) is 5.54 Å². The van der Waals surface area contributed by atoms with Crippen LogP contribution in [0.1, 0.15) is 51.5 Å². The lowest BCUT2D eigenvalue weighted by atomic mass is 9.82. The summed E-state index contributed by atoms with van der Waals surface area (Å²) in [5.41, 5.74) is 0.224. The van der Waals surface area contributed by atoms with Crippen molar-refractivity contribution < 1.29 is 4.79 Å². The van der Waals surface area contributed by atoms with E-state index in [-0.39, 0.29) is 16.9 Å². The number of pyridine rings is 1. The number of nitrogens with zero attached hydrogens (tertiary/aromatic N) is 1. The summed E-state index contributed by atoms with van der Waals surface area (Å²) >= 11 is 5.78. The van der Waals surface area contributed by atoms with Gasteiger partial charge < -0.3 is 5.32 Å². The van der Waals surface area contributed by atoms with Crippen LogP contribution in [0.25, 0.3) is 0 Å². The van der Waals surface area contributed by atoms with Crippen molar-refractivity contribution in [3.05, 3.63) is 29.0 Å². The zero-order valence-corrected chi connectivity index (χ0v) is 12.4. The highest BCUT2D eigenvalue weighted by Gasteiger charge is 2.27. The highest BCUT2D eigenvalue weighted by Crippen LogP contribution is 2.26. The molecule has 4 heteroatoms. The van der Waals surface area contributed by atoms with Crippen LogP contribution >= 0.6 is 11.6 Å². The first-order chi connectivity index (χ1) is 8.09. The summed E-state index contributed by atoms with van der Waals surface area (Å²) in [6.07, 6.45) is 0.881. The molecule has 0 aliphatic rings. The van der Waals surface area contributed by atoms with Crippen LogP contribution < -0.4 is 5.32 Å². The monoisotopic (exact) mass is 268 g/mol. The number of aromatic nitrogens is 1. The third-order valence-electron chi connectivity index (χ3n) is 2.37. The number of amides is 1. The number of hydrogen-bond acceptors (Lipinski definition) is 2. The van der Waals surface area contributed by atoms with Crippen LogP contribution in [0.4, 0.5) is 0 Å². The molecule has 3 nitrogen and oxygen atoms in total. The molecule has 1 aromatic heterocycles. The van der Waals surface area contributed by atoms with Crippen LogP contribution in [0.5, 0.6) is 0 Å². The first-order valence-corrected chi connectivity index (χ1v) is 6.42. The molecular formula is C14H21ClN2O. The number of carbonyl (C=O) groups is 1. The average Bonchev–Trinajstić information content (AvgIpc) is 2.12. The molecule has 0 saturated heterocycles. The van der Waals surface area contributed by atoms with Crippen LogP contribution in [0.3, 0.4) is 0 Å². The Morgan fingerprint density at radius 3 is 2.39 bits per heavy atom. The van der Waals surface area contributed by atoms with Gasteiger partial charge in [0.1, 0.15) is 10.8 Å². The molecule has 0 aliphatic heterocycles. The van der Waals surface area contributed by atoms with Gasteiger partial charge in [-0.3, -0.25) is 4.79 Å². The van der Waals surface area contributed by atoms with Gasteiger partial charge in [0.2, 0.25) is 0 Å². The average molecular weight is 269 g/mol. The van der Waals surface area contributed by atoms with Crippen molar-refractivity contribution in [1.29, 1.82) is 0 Å². The molecule has 0 atom stereocenters.